The number of nitriles is 1. The van der Waals surface area contributed by atoms with Gasteiger partial charge in [0.15, 0.2) is 0 Å². The number of carbonyl (C=O) groups is 1. The summed E-state index contributed by atoms with van der Waals surface area (Å²) < 4.78 is 0. The normalized spacial score (nSPS) is 9.33. The van der Waals surface area contributed by atoms with E-state index in [1.165, 1.54) is 0 Å². The molecule has 0 aliphatic heterocycles. The molecule has 0 atom stereocenters. The van der Waals surface area contributed by atoms with Gasteiger partial charge in [-0.3, -0.25) is 4.79 Å². The molecule has 0 saturated carbocycles. The van der Waals surface area contributed by atoms with Gasteiger partial charge in [-0.1, -0.05) is 6.92 Å². The van der Waals surface area contributed by atoms with Gasteiger partial charge in [-0.25, -0.2) is 0 Å². The molecule has 0 aliphatic carbocycles. The van der Waals surface area contributed by atoms with Crippen LogP contribution in [-0.2, 0) is 4.79 Å². The molecule has 1 rings (SSSR count). The predicted octanol–water partition coefficient (Wildman–Crippen LogP) is 1.88. The fraction of sp³-hybridized carbons (Fsp3) is 0.273. The van der Waals surface area contributed by atoms with E-state index in [2.05, 4.69) is 5.32 Å². The number of carbonyl (C=O) groups excluding carboxylic acids is 1. The van der Waals surface area contributed by atoms with Crippen molar-refractivity contribution < 1.29 is 4.79 Å². The lowest BCUT2D eigenvalue weighted by molar-refractivity contribution is -0.116. The van der Waals surface area contributed by atoms with Crippen LogP contribution in [0, 0.1) is 11.3 Å². The smallest absolute Gasteiger partial charge is 0.224 e. The molecule has 0 fully saturated rings. The molecule has 0 heterocycles. The van der Waals surface area contributed by atoms with Crippen molar-refractivity contribution in [2.75, 3.05) is 11.1 Å². The molecular weight excluding hydrogens is 190 g/mol. The maximum atomic E-state index is 11.3. The van der Waals surface area contributed by atoms with Crippen molar-refractivity contribution in [3.63, 3.8) is 0 Å². The van der Waals surface area contributed by atoms with Gasteiger partial charge in [-0.05, 0) is 24.6 Å². The monoisotopic (exact) mass is 203 g/mol. The van der Waals surface area contributed by atoms with Crippen LogP contribution in [0.15, 0.2) is 18.2 Å². The van der Waals surface area contributed by atoms with Crippen LogP contribution >= 0.6 is 0 Å². The summed E-state index contributed by atoms with van der Waals surface area (Å²) in [5.41, 5.74) is 6.95. The minimum atomic E-state index is -0.0845. The first-order valence-electron chi connectivity index (χ1n) is 4.77. The van der Waals surface area contributed by atoms with E-state index in [4.69, 9.17) is 11.0 Å². The fourth-order valence-electron chi connectivity index (χ4n) is 1.20. The number of nitrogen functional groups attached to an aromatic ring is 1. The summed E-state index contributed by atoms with van der Waals surface area (Å²) in [5.74, 6) is -0.0845. The van der Waals surface area contributed by atoms with Gasteiger partial charge >= 0.3 is 0 Å². The third kappa shape index (κ3) is 2.99. The van der Waals surface area contributed by atoms with Gasteiger partial charge < -0.3 is 11.1 Å². The van der Waals surface area contributed by atoms with E-state index in [1.807, 2.05) is 13.0 Å². The lowest BCUT2D eigenvalue weighted by Gasteiger charge is -2.06. The minimum absolute atomic E-state index is 0.0845. The van der Waals surface area contributed by atoms with Crippen molar-refractivity contribution in [2.45, 2.75) is 19.8 Å². The number of rotatable bonds is 3. The molecule has 0 saturated heterocycles. The fourth-order valence-corrected chi connectivity index (χ4v) is 1.20. The summed E-state index contributed by atoms with van der Waals surface area (Å²) in [6.07, 6.45) is 1.23. The first-order chi connectivity index (χ1) is 7.17. The van der Waals surface area contributed by atoms with E-state index >= 15 is 0 Å². The number of hydrogen-bond acceptors (Lipinski definition) is 3. The molecule has 3 N–H and O–H groups in total. The average Bonchev–Trinajstić information content (AvgIpc) is 2.21. The molecule has 0 spiro atoms. The van der Waals surface area contributed by atoms with Crippen LogP contribution in [0.25, 0.3) is 0 Å². The number of hydrogen-bond donors (Lipinski definition) is 2. The van der Waals surface area contributed by atoms with Gasteiger partial charge in [0, 0.05) is 12.1 Å². The summed E-state index contributed by atoms with van der Waals surface area (Å²) in [6.45, 7) is 1.92. The summed E-state index contributed by atoms with van der Waals surface area (Å²) in [5, 5.41) is 11.5. The van der Waals surface area contributed by atoms with E-state index in [1.54, 1.807) is 18.2 Å². The van der Waals surface area contributed by atoms with Crippen molar-refractivity contribution in [2.24, 2.45) is 0 Å². The first-order valence-corrected chi connectivity index (χ1v) is 4.77. The van der Waals surface area contributed by atoms with Crippen molar-refractivity contribution in [3.05, 3.63) is 23.8 Å². The first kappa shape index (κ1) is 11.1. The quantitative estimate of drug-likeness (QED) is 0.736. The number of amides is 1. The van der Waals surface area contributed by atoms with Crippen molar-refractivity contribution in [3.8, 4) is 6.07 Å². The van der Waals surface area contributed by atoms with Crippen LogP contribution in [0.1, 0.15) is 25.3 Å². The molecule has 0 aliphatic rings. The molecular formula is C11H13N3O. The van der Waals surface area contributed by atoms with Crippen LogP contribution in [0.4, 0.5) is 11.4 Å². The third-order valence-electron chi connectivity index (χ3n) is 1.92. The molecule has 1 aromatic carbocycles. The van der Waals surface area contributed by atoms with Gasteiger partial charge in [0.05, 0.1) is 11.3 Å². The van der Waals surface area contributed by atoms with Gasteiger partial charge in [-0.2, -0.15) is 5.26 Å². The topological polar surface area (TPSA) is 78.9 Å². The number of nitrogens with two attached hydrogens (primary N) is 1. The summed E-state index contributed by atoms with van der Waals surface area (Å²) >= 11 is 0. The van der Waals surface area contributed by atoms with Crippen LogP contribution < -0.4 is 11.1 Å². The van der Waals surface area contributed by atoms with E-state index in [-0.39, 0.29) is 5.91 Å². The van der Waals surface area contributed by atoms with Crippen molar-refractivity contribution in [1.29, 1.82) is 5.26 Å². The molecule has 78 valence electrons. The lowest BCUT2D eigenvalue weighted by Crippen LogP contribution is -2.11. The largest absolute Gasteiger partial charge is 0.399 e. The Hall–Kier alpha value is -2.02. The predicted molar refractivity (Wildman–Crippen MR) is 59.1 cm³/mol. The Morgan fingerprint density at radius 3 is 2.93 bits per heavy atom. The molecule has 1 amide bonds. The van der Waals surface area contributed by atoms with Crippen LogP contribution in [0.2, 0.25) is 0 Å². The van der Waals surface area contributed by atoms with Gasteiger partial charge in [-0.15, -0.1) is 0 Å². The Morgan fingerprint density at radius 1 is 1.60 bits per heavy atom. The second-order valence-electron chi connectivity index (χ2n) is 3.22. The van der Waals surface area contributed by atoms with E-state index < -0.39 is 0 Å². The number of nitrogens with zero attached hydrogens (tertiary/aromatic N) is 1. The Labute approximate surface area is 88.7 Å². The van der Waals surface area contributed by atoms with Gasteiger partial charge in [0.2, 0.25) is 5.91 Å². The van der Waals surface area contributed by atoms with Crippen LogP contribution in [-0.4, -0.2) is 5.91 Å². The maximum Gasteiger partial charge on any atom is 0.224 e. The number of anilines is 2. The zero-order valence-corrected chi connectivity index (χ0v) is 8.58. The Kier molecular flexibility index (Phi) is 3.69. The maximum absolute atomic E-state index is 11.3. The molecule has 0 bridgehead atoms. The van der Waals surface area contributed by atoms with Gasteiger partial charge in [0.25, 0.3) is 0 Å². The number of benzene rings is 1. The van der Waals surface area contributed by atoms with Crippen LogP contribution in [0.3, 0.4) is 0 Å². The molecule has 0 radical (unpaired) electrons. The summed E-state index contributed by atoms with van der Waals surface area (Å²) in [6, 6.07) is 6.83. The summed E-state index contributed by atoms with van der Waals surface area (Å²) in [7, 11) is 0. The minimum Gasteiger partial charge on any atom is -0.399 e. The molecule has 4 heteroatoms. The molecule has 15 heavy (non-hydrogen) atoms. The van der Waals surface area contributed by atoms with Crippen LogP contribution in [0.5, 0.6) is 0 Å². The lowest BCUT2D eigenvalue weighted by atomic mass is 10.1. The Morgan fingerprint density at radius 2 is 2.33 bits per heavy atom. The Bertz CT molecular complexity index is 407. The second-order valence-corrected chi connectivity index (χ2v) is 3.22. The molecule has 0 unspecified atom stereocenters. The average molecular weight is 203 g/mol. The zero-order chi connectivity index (χ0) is 11.3. The molecule has 4 nitrogen and oxygen atoms in total. The SMILES string of the molecule is CCCC(=O)Nc1ccc(N)cc1C#N. The standard InChI is InChI=1S/C11H13N3O/c1-2-3-11(15)14-10-5-4-9(13)6-8(10)7-12/h4-6H,2-3,13H2,1H3,(H,14,15). The summed E-state index contributed by atoms with van der Waals surface area (Å²) in [4.78, 5) is 11.3. The van der Waals surface area contributed by atoms with E-state index in [0.29, 0.717) is 23.4 Å². The second kappa shape index (κ2) is 5.01. The molecule has 0 aromatic heterocycles. The van der Waals surface area contributed by atoms with Crippen molar-refractivity contribution in [1.82, 2.24) is 0 Å². The highest BCUT2D eigenvalue weighted by Gasteiger charge is 2.05. The Balaban J connectivity index is 2.86. The number of nitrogens with one attached hydrogen (secondary N) is 1. The zero-order valence-electron chi connectivity index (χ0n) is 8.58. The van der Waals surface area contributed by atoms with Crippen molar-refractivity contribution >= 4 is 17.3 Å². The third-order valence-corrected chi connectivity index (χ3v) is 1.92. The van der Waals surface area contributed by atoms with Gasteiger partial charge in [0.1, 0.15) is 6.07 Å². The molecule has 1 aromatic rings. The van der Waals surface area contributed by atoms with E-state index in [0.717, 1.165) is 6.42 Å². The highest BCUT2D eigenvalue weighted by Crippen LogP contribution is 2.18. The van der Waals surface area contributed by atoms with E-state index in [9.17, 15) is 4.79 Å². The highest BCUT2D eigenvalue weighted by molar-refractivity contribution is 5.92. The highest BCUT2D eigenvalue weighted by atomic mass is 16.1.